The Labute approximate surface area is 396 Å². The number of nitrogens with zero attached hydrogens (tertiary/aromatic N) is 8. The summed E-state index contributed by atoms with van der Waals surface area (Å²) >= 11 is 0. The van der Waals surface area contributed by atoms with Gasteiger partial charge in [-0.3, -0.25) is 19.9 Å². The van der Waals surface area contributed by atoms with Crippen LogP contribution in [0.4, 0.5) is 0 Å². The van der Waals surface area contributed by atoms with Crippen molar-refractivity contribution in [1.29, 1.82) is 0 Å². The Morgan fingerprint density at radius 1 is 0.304 bits per heavy atom. The van der Waals surface area contributed by atoms with Crippen LogP contribution in [0, 0.1) is 0 Å². The van der Waals surface area contributed by atoms with Gasteiger partial charge in [-0.15, -0.1) is 0 Å². The number of para-hydroxylation sites is 1. The van der Waals surface area contributed by atoms with E-state index in [2.05, 4.69) is 143 Å². The molecule has 8 heteroatoms. The number of aromatic nitrogens is 8. The molecule has 14 rings (SSSR count). The summed E-state index contributed by atoms with van der Waals surface area (Å²) in [5, 5.41) is 3.43. The summed E-state index contributed by atoms with van der Waals surface area (Å²) in [4.78, 5) is 39.1. The summed E-state index contributed by atoms with van der Waals surface area (Å²) in [6, 6.07) is 68.0. The summed E-state index contributed by atoms with van der Waals surface area (Å²) < 4.78 is 0. The molecule has 2 aliphatic rings. The van der Waals surface area contributed by atoms with E-state index in [0.29, 0.717) is 28.9 Å². The zero-order valence-corrected chi connectivity index (χ0v) is 36.9. The number of fused-ring (bicyclic) bond motifs is 14. The quantitative estimate of drug-likeness (QED) is 0.152. The molecule has 0 amide bonds. The van der Waals surface area contributed by atoms with Crippen molar-refractivity contribution < 1.29 is 0 Å². The highest BCUT2D eigenvalue weighted by Crippen LogP contribution is 2.64. The molecular weight excluding hydrogens is 845 g/mol. The van der Waals surface area contributed by atoms with Gasteiger partial charge in [-0.25, -0.2) is 19.9 Å². The first-order valence-electron chi connectivity index (χ1n) is 23.0. The van der Waals surface area contributed by atoms with Crippen LogP contribution in [-0.4, -0.2) is 39.9 Å². The van der Waals surface area contributed by atoms with E-state index in [1.54, 1.807) is 24.8 Å². The Hall–Kier alpha value is -9.40. The van der Waals surface area contributed by atoms with E-state index in [1.165, 1.54) is 49.9 Å². The van der Waals surface area contributed by atoms with Gasteiger partial charge in [0.05, 0.1) is 28.0 Å². The molecule has 2 aliphatic carbocycles. The second kappa shape index (κ2) is 15.3. The molecule has 6 aromatic carbocycles. The molecule has 0 saturated heterocycles. The fourth-order valence-electron chi connectivity index (χ4n) is 10.8. The van der Waals surface area contributed by atoms with Crippen LogP contribution >= 0.6 is 0 Å². The number of pyridine rings is 5. The fourth-order valence-corrected chi connectivity index (χ4v) is 10.8. The smallest absolute Gasteiger partial charge is 0.182 e. The van der Waals surface area contributed by atoms with Gasteiger partial charge in [-0.05, 0) is 99.1 Å². The standard InChI is InChI=1S/C61H36N8/c1-5-17-46-41(13-1)42-14-2-6-18-47(42)61(46)48-19-7-3-15-43(48)56-49(61)30-29-45-55(56)44-16-4-8-22-52(44)66-57(45)37-23-25-38(26-24-37)58-67-59(53-31-27-39(35-64-53)50-20-9-11-33-62-50)69-60(68-58)54-32-28-40(36-65-54)51-21-10-12-34-63-51/h1-36H. The summed E-state index contributed by atoms with van der Waals surface area (Å²) in [5.74, 6) is 1.37. The highest BCUT2D eigenvalue weighted by molar-refractivity contribution is 6.20. The van der Waals surface area contributed by atoms with Gasteiger partial charge in [0.2, 0.25) is 0 Å². The first-order valence-corrected chi connectivity index (χ1v) is 23.0. The molecule has 0 unspecified atom stereocenters. The van der Waals surface area contributed by atoms with Crippen molar-refractivity contribution in [2.75, 3.05) is 0 Å². The third-order valence-electron chi connectivity index (χ3n) is 13.8. The fraction of sp³-hybridized carbons (Fsp3) is 0.0164. The van der Waals surface area contributed by atoms with E-state index in [9.17, 15) is 0 Å². The third kappa shape index (κ3) is 5.95. The Bertz CT molecular complexity index is 3840. The van der Waals surface area contributed by atoms with Crippen LogP contribution in [0.1, 0.15) is 22.3 Å². The van der Waals surface area contributed by atoms with E-state index in [0.717, 1.165) is 55.6 Å². The molecule has 69 heavy (non-hydrogen) atoms. The second-order valence-electron chi connectivity index (χ2n) is 17.5. The summed E-state index contributed by atoms with van der Waals surface area (Å²) in [5.41, 5.74) is 18.2. The van der Waals surface area contributed by atoms with Crippen LogP contribution in [0.3, 0.4) is 0 Å². The first kappa shape index (κ1) is 38.8. The van der Waals surface area contributed by atoms with Crippen molar-refractivity contribution in [3.8, 4) is 90.5 Å². The van der Waals surface area contributed by atoms with Gasteiger partial charge in [0, 0.05) is 63.2 Å². The highest BCUT2D eigenvalue weighted by Gasteiger charge is 2.52. The van der Waals surface area contributed by atoms with Crippen molar-refractivity contribution in [1.82, 2.24) is 39.9 Å². The molecule has 0 aliphatic heterocycles. The number of hydrogen-bond acceptors (Lipinski definition) is 8. The molecule has 6 heterocycles. The molecule has 0 N–H and O–H groups in total. The summed E-state index contributed by atoms with van der Waals surface area (Å²) in [6.45, 7) is 0. The van der Waals surface area contributed by atoms with Gasteiger partial charge in [-0.1, -0.05) is 140 Å². The monoisotopic (exact) mass is 880 g/mol. The maximum Gasteiger partial charge on any atom is 0.182 e. The molecule has 0 fully saturated rings. The maximum atomic E-state index is 5.42. The Balaban J connectivity index is 0.914. The largest absolute Gasteiger partial charge is 0.256 e. The van der Waals surface area contributed by atoms with Crippen LogP contribution < -0.4 is 0 Å². The van der Waals surface area contributed by atoms with Crippen molar-refractivity contribution in [3.05, 3.63) is 241 Å². The van der Waals surface area contributed by atoms with Gasteiger partial charge in [0.25, 0.3) is 0 Å². The lowest BCUT2D eigenvalue weighted by Gasteiger charge is -2.30. The molecular formula is C61H36N8. The van der Waals surface area contributed by atoms with Crippen LogP contribution in [-0.2, 0) is 5.41 Å². The minimum absolute atomic E-state index is 0.434. The maximum absolute atomic E-state index is 5.42. The van der Waals surface area contributed by atoms with Gasteiger partial charge in [-0.2, -0.15) is 0 Å². The minimum Gasteiger partial charge on any atom is -0.256 e. The van der Waals surface area contributed by atoms with E-state index in [1.807, 2.05) is 60.7 Å². The van der Waals surface area contributed by atoms with Gasteiger partial charge >= 0.3 is 0 Å². The third-order valence-corrected chi connectivity index (χ3v) is 13.8. The molecule has 1 spiro atoms. The van der Waals surface area contributed by atoms with Crippen molar-refractivity contribution in [2.24, 2.45) is 0 Å². The first-order chi connectivity index (χ1) is 34.2. The van der Waals surface area contributed by atoms with E-state index >= 15 is 0 Å². The second-order valence-corrected chi connectivity index (χ2v) is 17.5. The molecule has 12 aromatic rings. The number of rotatable bonds is 6. The zero-order valence-electron chi connectivity index (χ0n) is 36.9. The average molecular weight is 881 g/mol. The normalized spacial score (nSPS) is 12.8. The molecule has 0 bridgehead atoms. The van der Waals surface area contributed by atoms with E-state index in [-0.39, 0.29) is 0 Å². The zero-order chi connectivity index (χ0) is 45.5. The lowest BCUT2D eigenvalue weighted by atomic mass is 9.70. The Morgan fingerprint density at radius 2 is 0.812 bits per heavy atom. The molecule has 0 radical (unpaired) electrons. The predicted octanol–water partition coefficient (Wildman–Crippen LogP) is 13.5. The lowest BCUT2D eigenvalue weighted by molar-refractivity contribution is 0.794. The van der Waals surface area contributed by atoms with Crippen LogP contribution in [0.15, 0.2) is 219 Å². The molecule has 320 valence electrons. The van der Waals surface area contributed by atoms with Gasteiger partial charge in [0.15, 0.2) is 17.5 Å². The Morgan fingerprint density at radius 3 is 1.39 bits per heavy atom. The van der Waals surface area contributed by atoms with E-state index < -0.39 is 5.41 Å². The lowest BCUT2D eigenvalue weighted by Crippen LogP contribution is -2.25. The van der Waals surface area contributed by atoms with Crippen LogP contribution in [0.25, 0.3) is 112 Å². The highest BCUT2D eigenvalue weighted by atomic mass is 15.1. The van der Waals surface area contributed by atoms with Crippen LogP contribution in [0.5, 0.6) is 0 Å². The van der Waals surface area contributed by atoms with Crippen molar-refractivity contribution in [3.63, 3.8) is 0 Å². The SMILES string of the molecule is c1ccc(-c2ccc(-c3nc(-c4ccc(-c5nc6ccccc6c6c7c(ccc56)C5(c6ccccc6-c6ccccc65)c5ccccc5-7)cc4)nc(-c4ccc(-c5ccccn5)cn4)n3)nc2)nc1. The van der Waals surface area contributed by atoms with Gasteiger partial charge in [0.1, 0.15) is 11.4 Å². The van der Waals surface area contributed by atoms with Crippen LogP contribution in [0.2, 0.25) is 0 Å². The molecule has 6 aromatic heterocycles. The molecule has 0 saturated carbocycles. The van der Waals surface area contributed by atoms with Crippen molar-refractivity contribution in [2.45, 2.75) is 5.41 Å². The van der Waals surface area contributed by atoms with E-state index in [4.69, 9.17) is 29.9 Å². The average Bonchev–Trinajstić information content (AvgIpc) is 3.91. The minimum atomic E-state index is -0.449. The number of benzene rings is 6. The van der Waals surface area contributed by atoms with Gasteiger partial charge < -0.3 is 0 Å². The van der Waals surface area contributed by atoms with Crippen molar-refractivity contribution >= 4 is 21.7 Å². The summed E-state index contributed by atoms with van der Waals surface area (Å²) in [6.07, 6.45) is 7.15. The topological polar surface area (TPSA) is 103 Å². The Kier molecular flexibility index (Phi) is 8.63. The summed E-state index contributed by atoms with van der Waals surface area (Å²) in [7, 11) is 0. The predicted molar refractivity (Wildman–Crippen MR) is 273 cm³/mol. The molecule has 8 nitrogen and oxygen atoms in total. The number of hydrogen-bond donors (Lipinski definition) is 0. The molecule has 0 atom stereocenters.